The number of nitrogens with zero attached hydrogens (tertiary/aromatic N) is 2. The Labute approximate surface area is 275 Å². The number of rotatable bonds is 13. The molecule has 44 heavy (non-hydrogen) atoms. The fourth-order valence-corrected chi connectivity index (χ4v) is 5.80. The van der Waals surface area contributed by atoms with Gasteiger partial charge >= 0.3 is 0 Å². The molecule has 252 valence electrons. The van der Waals surface area contributed by atoms with Gasteiger partial charge in [-0.2, -0.15) is 0 Å². The van der Waals surface area contributed by atoms with Gasteiger partial charge in [0.2, 0.25) is 0 Å². The molecule has 1 aliphatic heterocycles. The van der Waals surface area contributed by atoms with Gasteiger partial charge in [0.15, 0.2) is 0 Å². The molecule has 0 saturated carbocycles. The third-order valence-corrected chi connectivity index (χ3v) is 7.87. The van der Waals surface area contributed by atoms with Gasteiger partial charge in [0, 0.05) is 31.0 Å². The number of nitrogens with two attached hydrogens (primary N) is 1. The highest BCUT2D eigenvalue weighted by atomic mass is 15.2. The summed E-state index contributed by atoms with van der Waals surface area (Å²) in [6.07, 6.45) is 10.9. The Balaban J connectivity index is 0. The number of nitrogens with one attached hydrogen (secondary N) is 1. The van der Waals surface area contributed by atoms with Crippen LogP contribution in [0.25, 0.3) is 5.57 Å². The minimum Gasteiger partial charge on any atom is -0.374 e. The molecule has 4 nitrogen and oxygen atoms in total. The molecule has 1 aromatic rings. The van der Waals surface area contributed by atoms with Gasteiger partial charge in [-0.1, -0.05) is 105 Å². The lowest BCUT2D eigenvalue weighted by atomic mass is 9.80. The highest BCUT2D eigenvalue weighted by Crippen LogP contribution is 2.38. The van der Waals surface area contributed by atoms with E-state index in [2.05, 4.69) is 115 Å². The topological polar surface area (TPSA) is 56.4 Å². The van der Waals surface area contributed by atoms with Gasteiger partial charge in [0.05, 0.1) is 0 Å². The number of allylic oxidation sites excluding steroid dienone is 6. The van der Waals surface area contributed by atoms with Crippen molar-refractivity contribution in [2.45, 2.75) is 121 Å². The van der Waals surface area contributed by atoms with Crippen molar-refractivity contribution in [1.82, 2.24) is 9.80 Å². The highest BCUT2D eigenvalue weighted by molar-refractivity contribution is 5.97. The highest BCUT2D eigenvalue weighted by Gasteiger charge is 2.24. The predicted molar refractivity (Wildman–Crippen MR) is 202 cm³/mol. The first-order chi connectivity index (χ1) is 21.0. The molecule has 2 rings (SSSR count). The summed E-state index contributed by atoms with van der Waals surface area (Å²) in [5, 5.41) is 8.49. The Kier molecular flexibility index (Phi) is 24.7. The van der Waals surface area contributed by atoms with Gasteiger partial charge in [0.1, 0.15) is 0 Å². The summed E-state index contributed by atoms with van der Waals surface area (Å²) in [7, 11) is 5.73. The second kappa shape index (κ2) is 24.8. The van der Waals surface area contributed by atoms with Gasteiger partial charge in [0.25, 0.3) is 0 Å². The van der Waals surface area contributed by atoms with Crippen LogP contribution in [0.15, 0.2) is 59.3 Å². The SMILES string of the molecule is C=C(CN(C)C)N1CCC(c2ccc(C)c(/C(=C(CCC)/C(/C=C(/C)C(=N)CCC)=C/C)C(C)C)c2)CC1.CC.CC.CN. The number of hydrogen-bond acceptors (Lipinski definition) is 4. The monoisotopic (exact) mass is 609 g/mol. The Hall–Kier alpha value is -2.43. The second-order valence-corrected chi connectivity index (χ2v) is 11.7. The van der Waals surface area contributed by atoms with Crippen molar-refractivity contribution >= 4 is 11.3 Å². The molecule has 3 N–H and O–H groups in total. The van der Waals surface area contributed by atoms with E-state index in [1.54, 1.807) is 0 Å². The first kappa shape index (κ1) is 43.7. The standard InChI is InChI=1S/C35H55N3.2C2H6.CH5N/c1-11-14-32(29(13-3)22-27(7)34(36)15-12-2)35(25(4)5)33-23-31(17-16-26(33)6)30-18-20-38(21-19-30)28(8)24-37(9)10;3*1-2/h13,16-17,22-23,25,30,36H,8,11-12,14-15,18-21,24H2,1-7,9-10H3;2*1-2H3;2H2,1H3/b27-22-,29-13+,35-32+,36-34?;;;. The lowest BCUT2D eigenvalue weighted by Gasteiger charge is -2.36. The summed E-state index contributed by atoms with van der Waals surface area (Å²) in [4.78, 5) is 4.68. The summed E-state index contributed by atoms with van der Waals surface area (Å²) in [5.74, 6) is 1.01. The predicted octanol–water partition coefficient (Wildman–Crippen LogP) is 10.8. The molecule has 0 aliphatic carbocycles. The molecule has 4 heteroatoms. The maximum absolute atomic E-state index is 8.49. The van der Waals surface area contributed by atoms with Crippen molar-refractivity contribution < 1.29 is 0 Å². The summed E-state index contributed by atoms with van der Waals surface area (Å²) in [5.41, 5.74) is 16.0. The van der Waals surface area contributed by atoms with Crippen LogP contribution in [0.2, 0.25) is 0 Å². The van der Waals surface area contributed by atoms with E-state index in [-0.39, 0.29) is 0 Å². The molecule has 1 fully saturated rings. The number of aryl methyl sites for hydroxylation is 1. The zero-order valence-corrected chi connectivity index (χ0v) is 31.6. The summed E-state index contributed by atoms with van der Waals surface area (Å²) in [6.45, 7) is 31.1. The van der Waals surface area contributed by atoms with E-state index < -0.39 is 0 Å². The van der Waals surface area contributed by atoms with E-state index in [0.717, 1.165) is 56.6 Å². The van der Waals surface area contributed by atoms with Crippen molar-refractivity contribution in [2.75, 3.05) is 40.8 Å². The molecular weight excluding hydrogens is 536 g/mol. The lowest BCUT2D eigenvalue weighted by Crippen LogP contribution is -2.35. The van der Waals surface area contributed by atoms with E-state index in [9.17, 15) is 0 Å². The third-order valence-electron chi connectivity index (χ3n) is 7.87. The molecular formula is C40H72N4. The molecule has 1 aromatic carbocycles. The lowest BCUT2D eigenvalue weighted by molar-refractivity contribution is 0.243. The van der Waals surface area contributed by atoms with Crippen LogP contribution in [-0.2, 0) is 0 Å². The van der Waals surface area contributed by atoms with E-state index in [1.807, 2.05) is 27.7 Å². The van der Waals surface area contributed by atoms with E-state index in [0.29, 0.717) is 11.8 Å². The normalized spacial score (nSPS) is 14.5. The van der Waals surface area contributed by atoms with Crippen LogP contribution < -0.4 is 5.73 Å². The first-order valence-electron chi connectivity index (χ1n) is 17.5. The largest absolute Gasteiger partial charge is 0.374 e. The van der Waals surface area contributed by atoms with Gasteiger partial charge in [-0.3, -0.25) is 0 Å². The molecule has 0 unspecified atom stereocenters. The van der Waals surface area contributed by atoms with E-state index in [1.165, 1.54) is 59.0 Å². The summed E-state index contributed by atoms with van der Waals surface area (Å²) >= 11 is 0. The minimum absolute atomic E-state index is 0.417. The molecule has 0 radical (unpaired) electrons. The maximum atomic E-state index is 8.49. The molecule has 0 spiro atoms. The number of hydrogen-bond donors (Lipinski definition) is 2. The molecule has 0 atom stereocenters. The molecule has 1 aliphatic rings. The Morgan fingerprint density at radius 2 is 1.59 bits per heavy atom. The molecule has 1 saturated heterocycles. The smallest absolute Gasteiger partial charge is 0.0371 e. The summed E-state index contributed by atoms with van der Waals surface area (Å²) in [6, 6.07) is 7.23. The van der Waals surface area contributed by atoms with Gasteiger partial charge < -0.3 is 20.9 Å². The number of likely N-dealkylation sites (tertiary alicyclic amines) is 1. The minimum atomic E-state index is 0.417. The third kappa shape index (κ3) is 14.1. The molecule has 0 amide bonds. The zero-order chi connectivity index (χ0) is 34.4. The van der Waals surface area contributed by atoms with Gasteiger partial charge in [-0.25, -0.2) is 0 Å². The van der Waals surface area contributed by atoms with Crippen molar-refractivity contribution in [1.29, 1.82) is 5.41 Å². The average molecular weight is 609 g/mol. The molecule has 0 aromatic heterocycles. The van der Waals surface area contributed by atoms with Crippen molar-refractivity contribution in [3.05, 3.63) is 76.0 Å². The van der Waals surface area contributed by atoms with Crippen molar-refractivity contribution in [2.24, 2.45) is 11.7 Å². The van der Waals surface area contributed by atoms with Crippen LogP contribution in [0.5, 0.6) is 0 Å². The number of benzene rings is 1. The summed E-state index contributed by atoms with van der Waals surface area (Å²) < 4.78 is 0. The fraction of sp³-hybridized carbons (Fsp3) is 0.625. The van der Waals surface area contributed by atoms with Crippen LogP contribution in [0.4, 0.5) is 0 Å². The Bertz CT molecular complexity index is 1050. The number of piperidine rings is 1. The fourth-order valence-electron chi connectivity index (χ4n) is 5.80. The Morgan fingerprint density at radius 1 is 1.05 bits per heavy atom. The van der Waals surface area contributed by atoms with E-state index in [4.69, 9.17) is 5.41 Å². The van der Waals surface area contributed by atoms with Crippen LogP contribution in [0, 0.1) is 18.3 Å². The van der Waals surface area contributed by atoms with Gasteiger partial charge in [-0.15, -0.1) is 0 Å². The van der Waals surface area contributed by atoms with Crippen LogP contribution in [-0.4, -0.2) is 56.3 Å². The maximum Gasteiger partial charge on any atom is 0.0371 e. The van der Waals surface area contributed by atoms with Crippen molar-refractivity contribution in [3.8, 4) is 0 Å². The number of likely N-dealkylation sites (N-methyl/N-ethyl adjacent to an activating group) is 1. The molecule has 1 heterocycles. The van der Waals surface area contributed by atoms with Crippen LogP contribution in [0.3, 0.4) is 0 Å². The molecule has 0 bridgehead atoms. The van der Waals surface area contributed by atoms with E-state index >= 15 is 0 Å². The second-order valence-electron chi connectivity index (χ2n) is 11.7. The van der Waals surface area contributed by atoms with Gasteiger partial charge in [-0.05, 0) is 118 Å². The van der Waals surface area contributed by atoms with Crippen LogP contribution >= 0.6 is 0 Å². The zero-order valence-electron chi connectivity index (χ0n) is 31.6. The average Bonchev–Trinajstić information content (AvgIpc) is 3.03. The van der Waals surface area contributed by atoms with Crippen LogP contribution in [0.1, 0.15) is 130 Å². The Morgan fingerprint density at radius 3 is 2.05 bits per heavy atom. The first-order valence-corrected chi connectivity index (χ1v) is 17.5. The van der Waals surface area contributed by atoms with Crippen molar-refractivity contribution in [3.63, 3.8) is 0 Å². The quantitative estimate of drug-likeness (QED) is 0.173.